The van der Waals surface area contributed by atoms with Crippen molar-refractivity contribution in [1.29, 1.82) is 0 Å². The summed E-state index contributed by atoms with van der Waals surface area (Å²) in [5, 5.41) is 2.82. The number of para-hydroxylation sites is 1. The predicted molar refractivity (Wildman–Crippen MR) is 56.0 cm³/mol. The lowest BCUT2D eigenvalue weighted by molar-refractivity contribution is -0.134. The Bertz CT molecular complexity index is 363. The summed E-state index contributed by atoms with van der Waals surface area (Å²) in [7, 11) is 1.30. The van der Waals surface area contributed by atoms with Gasteiger partial charge in [-0.05, 0) is 12.1 Å². The highest BCUT2D eigenvalue weighted by Gasteiger charge is 1.97. The van der Waals surface area contributed by atoms with Gasteiger partial charge in [0.25, 0.3) is 0 Å². The van der Waals surface area contributed by atoms with E-state index in [1.54, 1.807) is 24.3 Å². The smallest absolute Gasteiger partial charge is 0.330 e. The molecule has 80 valence electrons. The molecule has 0 unspecified atom stereocenters. The first-order valence-electron chi connectivity index (χ1n) is 4.47. The van der Waals surface area contributed by atoms with Crippen molar-refractivity contribution in [3.8, 4) is 0 Å². The molecule has 0 radical (unpaired) electrons. The second kappa shape index (κ2) is 5.80. The summed E-state index contributed by atoms with van der Waals surface area (Å²) >= 11 is 0. The van der Waals surface area contributed by atoms with Crippen molar-refractivity contribution in [1.82, 2.24) is 0 Å². The van der Waals surface area contributed by atoms with Crippen molar-refractivity contribution in [3.05, 3.63) is 42.2 Å². The number of anilines is 1. The molecule has 1 rings (SSSR count). The van der Waals surface area contributed by atoms with Crippen LogP contribution in [0.3, 0.4) is 0 Å². The third-order valence-electron chi connectivity index (χ3n) is 1.74. The SMILES string of the molecule is COC(=O)/C=C/CNc1ccccc1F. The summed E-state index contributed by atoms with van der Waals surface area (Å²) in [6.07, 6.45) is 2.85. The standard InChI is InChI=1S/C11H12FNO2/c1-15-11(14)7-4-8-13-10-6-3-2-5-9(10)12/h2-7,13H,8H2,1H3/b7-4+. The Kier molecular flexibility index (Phi) is 4.34. The zero-order valence-electron chi connectivity index (χ0n) is 8.37. The van der Waals surface area contributed by atoms with E-state index >= 15 is 0 Å². The zero-order chi connectivity index (χ0) is 11.1. The number of hydrogen-bond acceptors (Lipinski definition) is 3. The van der Waals surface area contributed by atoms with E-state index in [1.807, 2.05) is 0 Å². The number of nitrogens with one attached hydrogen (secondary N) is 1. The molecule has 0 bridgehead atoms. The quantitative estimate of drug-likeness (QED) is 0.608. The normalized spacial score (nSPS) is 10.3. The number of esters is 1. The lowest BCUT2D eigenvalue weighted by Gasteiger charge is -2.03. The van der Waals surface area contributed by atoms with Crippen molar-refractivity contribution < 1.29 is 13.9 Å². The number of rotatable bonds is 4. The number of methoxy groups -OCH3 is 1. The van der Waals surface area contributed by atoms with E-state index in [4.69, 9.17) is 0 Å². The van der Waals surface area contributed by atoms with Crippen molar-refractivity contribution in [2.45, 2.75) is 0 Å². The topological polar surface area (TPSA) is 38.3 Å². The van der Waals surface area contributed by atoms with Gasteiger partial charge in [0.1, 0.15) is 5.82 Å². The Morgan fingerprint density at radius 1 is 1.53 bits per heavy atom. The van der Waals surface area contributed by atoms with Gasteiger partial charge in [0.05, 0.1) is 12.8 Å². The predicted octanol–water partition coefficient (Wildman–Crippen LogP) is 1.97. The molecule has 15 heavy (non-hydrogen) atoms. The molecule has 0 aromatic heterocycles. The van der Waals surface area contributed by atoms with Crippen LogP contribution in [0, 0.1) is 5.82 Å². The van der Waals surface area contributed by atoms with Gasteiger partial charge in [-0.15, -0.1) is 0 Å². The van der Waals surface area contributed by atoms with Crippen LogP contribution in [0.5, 0.6) is 0 Å². The fourth-order valence-corrected chi connectivity index (χ4v) is 0.997. The van der Waals surface area contributed by atoms with Gasteiger partial charge in [-0.3, -0.25) is 0 Å². The zero-order valence-corrected chi connectivity index (χ0v) is 8.37. The summed E-state index contributed by atoms with van der Waals surface area (Å²) in [4.78, 5) is 10.7. The van der Waals surface area contributed by atoms with Gasteiger partial charge in [0, 0.05) is 12.6 Å². The van der Waals surface area contributed by atoms with Gasteiger partial charge in [-0.25, -0.2) is 9.18 Å². The Hall–Kier alpha value is -1.84. The maximum Gasteiger partial charge on any atom is 0.330 e. The fraction of sp³-hybridized carbons (Fsp3) is 0.182. The van der Waals surface area contributed by atoms with Crippen molar-refractivity contribution >= 4 is 11.7 Å². The Balaban J connectivity index is 2.41. The molecule has 0 saturated carbocycles. The molecule has 1 aromatic rings. The molecule has 0 aliphatic rings. The van der Waals surface area contributed by atoms with Crippen LogP contribution in [0.25, 0.3) is 0 Å². The number of halogens is 1. The third-order valence-corrected chi connectivity index (χ3v) is 1.74. The fourth-order valence-electron chi connectivity index (χ4n) is 0.997. The van der Waals surface area contributed by atoms with Crippen molar-refractivity contribution in [3.63, 3.8) is 0 Å². The summed E-state index contributed by atoms with van der Waals surface area (Å²) in [6, 6.07) is 6.34. The molecule has 0 saturated heterocycles. The second-order valence-corrected chi connectivity index (χ2v) is 2.79. The van der Waals surface area contributed by atoms with Gasteiger partial charge in [-0.2, -0.15) is 0 Å². The van der Waals surface area contributed by atoms with Gasteiger partial charge < -0.3 is 10.1 Å². The average molecular weight is 209 g/mol. The molecule has 0 aliphatic carbocycles. The van der Waals surface area contributed by atoms with Crippen molar-refractivity contribution in [2.75, 3.05) is 19.0 Å². The van der Waals surface area contributed by atoms with E-state index in [-0.39, 0.29) is 5.82 Å². The molecular weight excluding hydrogens is 197 g/mol. The van der Waals surface area contributed by atoms with Crippen LogP contribution in [-0.2, 0) is 9.53 Å². The number of carbonyl (C=O) groups is 1. The van der Waals surface area contributed by atoms with Crippen LogP contribution in [-0.4, -0.2) is 19.6 Å². The lowest BCUT2D eigenvalue weighted by Crippen LogP contribution is -2.02. The van der Waals surface area contributed by atoms with Crippen LogP contribution in [0.4, 0.5) is 10.1 Å². The minimum atomic E-state index is -0.426. The molecule has 0 spiro atoms. The maximum atomic E-state index is 13.1. The Morgan fingerprint density at radius 2 is 2.27 bits per heavy atom. The highest BCUT2D eigenvalue weighted by Crippen LogP contribution is 2.11. The first kappa shape index (κ1) is 11.2. The Morgan fingerprint density at radius 3 is 2.93 bits per heavy atom. The number of carbonyl (C=O) groups excluding carboxylic acids is 1. The first-order valence-corrected chi connectivity index (χ1v) is 4.47. The minimum Gasteiger partial charge on any atom is -0.466 e. The molecule has 0 amide bonds. The van der Waals surface area contributed by atoms with Crippen LogP contribution >= 0.6 is 0 Å². The van der Waals surface area contributed by atoms with E-state index in [1.165, 1.54) is 19.3 Å². The van der Waals surface area contributed by atoms with Gasteiger partial charge in [-0.1, -0.05) is 18.2 Å². The minimum absolute atomic E-state index is 0.316. The van der Waals surface area contributed by atoms with E-state index in [0.717, 1.165) is 0 Å². The molecule has 1 aromatic carbocycles. The number of benzene rings is 1. The van der Waals surface area contributed by atoms with E-state index < -0.39 is 5.97 Å². The highest BCUT2D eigenvalue weighted by molar-refractivity contribution is 5.81. The number of ether oxygens (including phenoxy) is 1. The largest absolute Gasteiger partial charge is 0.466 e. The monoisotopic (exact) mass is 209 g/mol. The van der Waals surface area contributed by atoms with Crippen LogP contribution in [0.1, 0.15) is 0 Å². The summed E-state index contributed by atoms with van der Waals surface area (Å²) in [5.74, 6) is -0.741. The highest BCUT2D eigenvalue weighted by atomic mass is 19.1. The van der Waals surface area contributed by atoms with Gasteiger partial charge >= 0.3 is 5.97 Å². The molecule has 4 heteroatoms. The third kappa shape index (κ3) is 3.81. The molecule has 3 nitrogen and oxygen atoms in total. The Labute approximate surface area is 87.6 Å². The van der Waals surface area contributed by atoms with E-state index in [2.05, 4.69) is 10.1 Å². The molecule has 0 fully saturated rings. The van der Waals surface area contributed by atoms with Crippen LogP contribution in [0.2, 0.25) is 0 Å². The summed E-state index contributed by atoms with van der Waals surface area (Å²) in [6.45, 7) is 0.371. The summed E-state index contributed by atoms with van der Waals surface area (Å²) in [5.41, 5.74) is 0.409. The average Bonchev–Trinajstić information content (AvgIpc) is 2.26. The maximum absolute atomic E-state index is 13.1. The van der Waals surface area contributed by atoms with E-state index in [9.17, 15) is 9.18 Å². The van der Waals surface area contributed by atoms with E-state index in [0.29, 0.717) is 12.2 Å². The van der Waals surface area contributed by atoms with Gasteiger partial charge in [0.2, 0.25) is 0 Å². The lowest BCUT2D eigenvalue weighted by atomic mass is 10.3. The molecular formula is C11H12FNO2. The first-order chi connectivity index (χ1) is 7.24. The number of hydrogen-bond donors (Lipinski definition) is 1. The molecule has 1 N–H and O–H groups in total. The van der Waals surface area contributed by atoms with Crippen molar-refractivity contribution in [2.24, 2.45) is 0 Å². The van der Waals surface area contributed by atoms with Gasteiger partial charge in [0.15, 0.2) is 0 Å². The second-order valence-electron chi connectivity index (χ2n) is 2.79. The molecule has 0 heterocycles. The van der Waals surface area contributed by atoms with Crippen LogP contribution in [0.15, 0.2) is 36.4 Å². The summed E-state index contributed by atoms with van der Waals surface area (Å²) < 4.78 is 17.5. The molecule has 0 aliphatic heterocycles. The molecule has 0 atom stereocenters. The van der Waals surface area contributed by atoms with Crippen LogP contribution < -0.4 is 5.32 Å².